The molecule has 0 unspecified atom stereocenters. The number of methoxy groups -OCH3 is 2. The summed E-state index contributed by atoms with van der Waals surface area (Å²) in [6.07, 6.45) is 1.77. The minimum absolute atomic E-state index is 0.0219. The molecule has 0 radical (unpaired) electrons. The van der Waals surface area contributed by atoms with E-state index in [2.05, 4.69) is 127 Å². The third kappa shape index (κ3) is 20.1. The van der Waals surface area contributed by atoms with Crippen molar-refractivity contribution in [3.05, 3.63) is 197 Å². The van der Waals surface area contributed by atoms with Gasteiger partial charge in [0.05, 0.1) is 94.9 Å². The molecule has 696 valence electrons. The van der Waals surface area contributed by atoms with Crippen molar-refractivity contribution in [2.45, 2.75) is 223 Å². The van der Waals surface area contributed by atoms with Gasteiger partial charge in [-0.3, -0.25) is 57.5 Å². The van der Waals surface area contributed by atoms with Crippen LogP contribution in [0.15, 0.2) is 118 Å². The molecule has 4 saturated heterocycles. The van der Waals surface area contributed by atoms with Crippen LogP contribution in [0.25, 0.3) is 30.9 Å². The van der Waals surface area contributed by atoms with Crippen LogP contribution in [0.2, 0.25) is 0 Å². The van der Waals surface area contributed by atoms with Crippen LogP contribution in [-0.2, 0) is 47.8 Å². The van der Waals surface area contributed by atoms with E-state index in [9.17, 15) is 48.6 Å². The number of aryl methyl sites for hydroxylation is 6. The summed E-state index contributed by atoms with van der Waals surface area (Å²) in [5, 5.41) is 47.5. The number of hydrogen-bond donors (Lipinski definition) is 4. The zero-order valence-corrected chi connectivity index (χ0v) is 81.8. The molecule has 32 heteroatoms. The van der Waals surface area contributed by atoms with Crippen molar-refractivity contribution in [2.24, 2.45) is 44.5 Å². The number of aliphatic imine (C=N–C) groups is 2. The number of fused-ring (bicyclic) bond motifs is 6. The van der Waals surface area contributed by atoms with Gasteiger partial charge in [0.25, 0.3) is 0 Å². The number of carbonyl (C=O) groups excluding carboxylic acids is 8. The minimum atomic E-state index is -0.854. The Hall–Kier alpha value is -11.2. The molecule has 4 aromatic carbocycles. The molecular formula is C100H120N16O12S4. The van der Waals surface area contributed by atoms with Crippen LogP contribution in [-0.4, -0.2) is 196 Å². The van der Waals surface area contributed by atoms with E-state index in [-0.39, 0.29) is 123 Å². The van der Waals surface area contributed by atoms with Crippen LogP contribution < -0.4 is 20.4 Å². The van der Waals surface area contributed by atoms with Crippen LogP contribution in [0, 0.1) is 89.9 Å². The number of ketones is 2. The first kappa shape index (κ1) is 95.5. The SMILES string of the molecule is COC(=O)C[C@@H]1N=C(c2ccc(N3CCC[C@@H](C(=O)C[C@H](C(=O)N4C[C@H](O)C[C@H]4C(=O)N[C@@H](C)c4ccc(-c5scnc5C)cc4)C(C)(C)C)C3)cc2)c2c(sc(C)c2C)-n2c(C)nnc21.COC(=O)C[C@@H]1N=C(c2ccc(N3CCC[C@H](C(=O)C[C@H](C(=O)N4C[C@H](O)C[C@H]4C(=O)N[C@@H](C)c4ccc(-c5scnc5C)cc4)C(C)(C)C)C3)cc2)c2c(sc(C)c2C)-n2c(C)nnc21. The molecule has 0 saturated carbocycles. The number of aliphatic hydroxyl groups excluding tert-OH is 2. The Labute approximate surface area is 787 Å². The van der Waals surface area contributed by atoms with E-state index in [0.29, 0.717) is 24.7 Å². The third-order valence-corrected chi connectivity index (χ3v) is 31.5. The quantitative estimate of drug-likeness (QED) is 0.0408. The predicted octanol–water partition coefficient (Wildman–Crippen LogP) is 15.6. The van der Waals surface area contributed by atoms with Gasteiger partial charge < -0.3 is 49.9 Å². The molecule has 12 atom stereocenters. The van der Waals surface area contributed by atoms with E-state index in [1.54, 1.807) is 45.3 Å². The molecule has 132 heavy (non-hydrogen) atoms. The minimum Gasteiger partial charge on any atom is -0.469 e. The third-order valence-electron chi connectivity index (χ3n) is 27.2. The number of aliphatic hydroxyl groups is 2. The van der Waals surface area contributed by atoms with Crippen LogP contribution in [0.5, 0.6) is 0 Å². The number of aromatic nitrogens is 8. The van der Waals surface area contributed by atoms with Crippen LogP contribution in [0.1, 0.15) is 233 Å². The van der Waals surface area contributed by atoms with Crippen LogP contribution in [0.4, 0.5) is 11.4 Å². The zero-order chi connectivity index (χ0) is 94.4. The second kappa shape index (κ2) is 39.6. The maximum atomic E-state index is 14.6. The predicted molar refractivity (Wildman–Crippen MR) is 515 cm³/mol. The van der Waals surface area contributed by atoms with Gasteiger partial charge in [0.15, 0.2) is 11.6 Å². The molecule has 6 aromatic heterocycles. The van der Waals surface area contributed by atoms with E-state index < -0.39 is 59.0 Å². The number of ether oxygens (including phenoxy) is 2. The number of nitrogens with zero attached hydrogens (tertiary/aromatic N) is 14. The summed E-state index contributed by atoms with van der Waals surface area (Å²) in [5.41, 5.74) is 17.9. The Bertz CT molecular complexity index is 5680. The maximum Gasteiger partial charge on any atom is 0.308 e. The topological polar surface area (TPSA) is 344 Å². The average molecular weight is 1870 g/mol. The number of thiazole rings is 2. The summed E-state index contributed by atoms with van der Waals surface area (Å²) in [6, 6.07) is 29.0. The van der Waals surface area contributed by atoms with Gasteiger partial charge in [0.1, 0.15) is 57.4 Å². The van der Waals surface area contributed by atoms with E-state index in [4.69, 9.17) is 19.5 Å². The number of hydrogen-bond acceptors (Lipinski definition) is 26. The van der Waals surface area contributed by atoms with Gasteiger partial charge in [-0.25, -0.2) is 9.97 Å². The number of carbonyl (C=O) groups is 8. The smallest absolute Gasteiger partial charge is 0.308 e. The Morgan fingerprint density at radius 1 is 0.485 bits per heavy atom. The Morgan fingerprint density at radius 3 is 1.17 bits per heavy atom. The first-order chi connectivity index (χ1) is 62.8. The number of Topliss-reactive ketones (excluding diaryl/α,β-unsaturated/α-hetero) is 2. The van der Waals surface area contributed by atoms with Crippen molar-refractivity contribution >= 4 is 115 Å². The highest BCUT2D eigenvalue weighted by molar-refractivity contribution is 7.15. The summed E-state index contributed by atoms with van der Waals surface area (Å²) in [5.74, 6) is -1.23. The molecule has 6 aliphatic rings. The molecule has 0 spiro atoms. The maximum absolute atomic E-state index is 14.6. The van der Waals surface area contributed by atoms with Crippen molar-refractivity contribution < 1.29 is 58.0 Å². The lowest BCUT2D eigenvalue weighted by Crippen LogP contribution is -2.51. The molecule has 0 bridgehead atoms. The number of likely N-dealkylation sites (tertiary alicyclic amines) is 2. The second-order valence-electron chi connectivity index (χ2n) is 38.2. The fourth-order valence-electron chi connectivity index (χ4n) is 19.2. The number of amides is 4. The Balaban J connectivity index is 0.000000202. The van der Waals surface area contributed by atoms with E-state index >= 15 is 0 Å². The molecule has 4 amide bonds. The largest absolute Gasteiger partial charge is 0.469 e. The van der Waals surface area contributed by atoms with Gasteiger partial charge in [0.2, 0.25) is 23.6 Å². The first-order valence-corrected chi connectivity index (χ1v) is 48.9. The summed E-state index contributed by atoms with van der Waals surface area (Å²) >= 11 is 6.48. The van der Waals surface area contributed by atoms with Gasteiger partial charge in [-0.15, -0.1) is 65.7 Å². The molecule has 6 aliphatic heterocycles. The Morgan fingerprint density at radius 2 is 0.841 bits per heavy atom. The molecule has 4 fully saturated rings. The number of anilines is 2. The monoisotopic (exact) mass is 1860 g/mol. The summed E-state index contributed by atoms with van der Waals surface area (Å²) in [7, 11) is 2.74. The van der Waals surface area contributed by atoms with E-state index in [1.807, 2.05) is 152 Å². The zero-order valence-electron chi connectivity index (χ0n) is 78.5. The van der Waals surface area contributed by atoms with E-state index in [1.165, 1.54) is 24.0 Å². The number of esters is 2. The number of nitrogens with one attached hydrogen (secondary N) is 2. The van der Waals surface area contributed by atoms with Crippen LogP contribution >= 0.6 is 45.3 Å². The molecule has 4 N–H and O–H groups in total. The van der Waals surface area contributed by atoms with Crippen molar-refractivity contribution in [1.29, 1.82) is 0 Å². The van der Waals surface area contributed by atoms with E-state index in [0.717, 1.165) is 170 Å². The van der Waals surface area contributed by atoms with Crippen LogP contribution in [0.3, 0.4) is 0 Å². The van der Waals surface area contributed by atoms with Gasteiger partial charge in [-0.05, 0) is 163 Å². The van der Waals surface area contributed by atoms with Crippen molar-refractivity contribution in [3.8, 4) is 30.9 Å². The molecule has 10 aromatic rings. The van der Waals surface area contributed by atoms with Gasteiger partial charge in [-0.1, -0.05) is 114 Å². The second-order valence-corrected chi connectivity index (χ2v) is 42.3. The normalized spacial score (nSPS) is 20.5. The fourth-order valence-corrected chi connectivity index (χ4v) is 23.3. The highest BCUT2D eigenvalue weighted by Gasteiger charge is 2.49. The number of rotatable bonds is 24. The first-order valence-electron chi connectivity index (χ1n) is 45.6. The van der Waals surface area contributed by atoms with Gasteiger partial charge in [0, 0.05) is 132 Å². The highest BCUT2D eigenvalue weighted by Crippen LogP contribution is 2.45. The van der Waals surface area contributed by atoms with Crippen molar-refractivity contribution in [2.75, 3.05) is 63.3 Å². The number of benzene rings is 4. The molecule has 12 heterocycles. The standard InChI is InChI=1S/2C50H60N8O6S2/c2*1-27-30(4)66-49-43(27)44(53-39(23-42(61)64-9)46-55-54-31(5)58(46)49)33-16-18-36(19-17-33)56-20-10-11-35(24-56)41(60)22-38(50(6,7)8)48(63)57-25-37(59)21-40(57)47(62)52-28(2)32-12-14-34(15-13-32)45-29(3)51-26-65-45/h2*12-19,26,28,35,37-40,59H,10-11,20-25H2,1-9H3,(H,52,62)/t28-,35+,37+,38+,39-,40-;28-,35-,37+,38+,39-,40-/m00/s1. The molecule has 28 nitrogen and oxygen atoms in total. The molecule has 0 aliphatic carbocycles. The summed E-state index contributed by atoms with van der Waals surface area (Å²) in [4.78, 5) is 142. The fraction of sp³-hybridized carbons (Fsp3) is 0.480. The lowest BCUT2D eigenvalue weighted by Gasteiger charge is -2.37. The summed E-state index contributed by atoms with van der Waals surface area (Å²) < 4.78 is 14.1. The molecule has 16 rings (SSSR count). The number of piperidine rings is 2. The average Bonchev–Trinajstić information content (AvgIpc) is 1.59. The van der Waals surface area contributed by atoms with Crippen molar-refractivity contribution in [1.82, 2.24) is 59.9 Å². The summed E-state index contributed by atoms with van der Waals surface area (Å²) in [6.45, 7) is 34.4. The lowest BCUT2D eigenvalue weighted by atomic mass is 9.74. The van der Waals surface area contributed by atoms with Gasteiger partial charge >= 0.3 is 11.9 Å². The van der Waals surface area contributed by atoms with Crippen molar-refractivity contribution in [3.63, 3.8) is 0 Å². The Kier molecular flexibility index (Phi) is 28.6. The highest BCUT2D eigenvalue weighted by atomic mass is 32.1. The number of β-amino-alcohol motifs (C(OH)–C–C–N with tert-alkyl or cyclic N) is 2. The lowest BCUT2D eigenvalue weighted by molar-refractivity contribution is -0.147. The molecular weight excluding hydrogens is 1750 g/mol. The number of thiophene rings is 2. The van der Waals surface area contributed by atoms with Gasteiger partial charge in [-0.2, -0.15) is 0 Å².